The van der Waals surface area contributed by atoms with Crippen molar-refractivity contribution < 1.29 is 30.7 Å². The second kappa shape index (κ2) is 8.29. The van der Waals surface area contributed by atoms with Gasteiger partial charge in [0.15, 0.2) is 0 Å². The van der Waals surface area contributed by atoms with E-state index < -0.39 is 47.4 Å². The number of thiocyanates is 1. The van der Waals surface area contributed by atoms with Gasteiger partial charge in [0.25, 0.3) is 20.2 Å². The molecule has 1 aromatic rings. The van der Waals surface area contributed by atoms with Crippen LogP contribution in [-0.4, -0.2) is 40.8 Å². The number of benzene rings is 1. The second-order valence-electron chi connectivity index (χ2n) is 6.36. The average Bonchev–Trinajstić information content (AvgIpc) is 2.59. The van der Waals surface area contributed by atoms with Gasteiger partial charge >= 0.3 is 0 Å². The number of hydrogen-bond acceptors (Lipinski definition) is 7. The van der Waals surface area contributed by atoms with Crippen molar-refractivity contribution in [1.82, 2.24) is 5.32 Å². The third-order valence-corrected chi connectivity index (χ3v) is 9.06. The van der Waals surface area contributed by atoms with Crippen LogP contribution >= 0.6 is 11.8 Å². The van der Waals surface area contributed by atoms with E-state index in [4.69, 9.17) is 5.26 Å². The zero-order valence-electron chi connectivity index (χ0n) is 15.1. The van der Waals surface area contributed by atoms with Crippen molar-refractivity contribution in [3.8, 4) is 5.40 Å². The summed E-state index contributed by atoms with van der Waals surface area (Å²) in [6.45, 7) is 1.09. The van der Waals surface area contributed by atoms with Gasteiger partial charge in [-0.25, -0.2) is 0 Å². The Morgan fingerprint density at radius 1 is 1.24 bits per heavy atom. The third-order valence-electron chi connectivity index (χ3n) is 4.37. The number of rotatable bonds is 6. The molecular weight excluding hydrogens is 440 g/mol. The molecule has 1 aliphatic rings. The monoisotopic (exact) mass is 458 g/mol. The second-order valence-corrected chi connectivity index (χ2v) is 11.1. The van der Waals surface area contributed by atoms with Crippen LogP contribution < -0.4 is 5.32 Å². The van der Waals surface area contributed by atoms with Crippen molar-refractivity contribution in [3.05, 3.63) is 54.1 Å². The molecule has 29 heavy (non-hydrogen) atoms. The number of nitrogens with one attached hydrogen (secondary N) is 1. The molecule has 0 bridgehead atoms. The molecule has 0 aliphatic heterocycles. The maximum Gasteiger partial charge on any atom is 0.288 e. The lowest BCUT2D eigenvalue weighted by Gasteiger charge is -2.42. The van der Waals surface area contributed by atoms with Crippen molar-refractivity contribution in [2.75, 3.05) is 0 Å². The number of hydrogen-bond donors (Lipinski definition) is 3. The number of carbonyl (C=O) groups is 1. The summed E-state index contributed by atoms with van der Waals surface area (Å²) in [6.07, 6.45) is 4.04. The lowest BCUT2D eigenvalue weighted by molar-refractivity contribution is -0.119. The number of thioether (sulfide) groups is 1. The molecule has 0 saturated heterocycles. The fourth-order valence-corrected chi connectivity index (χ4v) is 7.03. The van der Waals surface area contributed by atoms with Gasteiger partial charge in [-0.1, -0.05) is 54.6 Å². The molecule has 9 nitrogen and oxygen atoms in total. The molecule has 0 aromatic heterocycles. The first-order valence-electron chi connectivity index (χ1n) is 8.09. The quantitative estimate of drug-likeness (QED) is 0.250. The van der Waals surface area contributed by atoms with Gasteiger partial charge < -0.3 is 5.32 Å². The highest BCUT2D eigenvalue weighted by Crippen LogP contribution is 2.48. The van der Waals surface area contributed by atoms with Crippen LogP contribution in [0.15, 0.2) is 48.6 Å². The van der Waals surface area contributed by atoms with E-state index in [-0.39, 0.29) is 0 Å². The predicted molar refractivity (Wildman–Crippen MR) is 108 cm³/mol. The molecule has 0 spiro atoms. The third kappa shape index (κ3) is 4.71. The highest BCUT2D eigenvalue weighted by atomic mass is 32.3. The van der Waals surface area contributed by atoms with Gasteiger partial charge in [0.05, 0.1) is 0 Å². The van der Waals surface area contributed by atoms with Crippen LogP contribution in [0.2, 0.25) is 0 Å². The Hall–Kier alpha value is -2.17. The summed E-state index contributed by atoms with van der Waals surface area (Å²) >= 11 is 0.391. The highest BCUT2D eigenvalue weighted by molar-refractivity contribution is 8.06. The zero-order valence-corrected chi connectivity index (χ0v) is 17.5. The molecule has 0 fully saturated rings. The van der Waals surface area contributed by atoms with Gasteiger partial charge in [0.1, 0.15) is 10.3 Å². The van der Waals surface area contributed by atoms with E-state index in [1.807, 2.05) is 0 Å². The molecule has 156 valence electrons. The minimum Gasteiger partial charge on any atom is -0.337 e. The Balaban J connectivity index is 2.73. The standard InChI is InChI=1S/C17H18N2O7S3/c1-13(20)19-16(27-12-18)10-9-15(8-7-14-5-3-2-4-6-14)17(11-16,28(21,22)23)29(24,25)26/h2-10,15H,11H2,1H3,(H,19,20)(H,21,22,23)(H,24,25,26). The Morgan fingerprint density at radius 3 is 2.31 bits per heavy atom. The molecule has 2 atom stereocenters. The summed E-state index contributed by atoms with van der Waals surface area (Å²) < 4.78 is 65.8. The number of nitriles is 1. The molecule has 0 saturated carbocycles. The summed E-state index contributed by atoms with van der Waals surface area (Å²) in [7, 11) is -10.9. The molecule has 0 heterocycles. The van der Waals surface area contributed by atoms with Gasteiger partial charge in [-0.3, -0.25) is 13.9 Å². The number of carbonyl (C=O) groups excluding carboxylic acids is 1. The molecule has 2 unspecified atom stereocenters. The lowest BCUT2D eigenvalue weighted by atomic mass is 9.90. The first kappa shape index (κ1) is 23.1. The van der Waals surface area contributed by atoms with Crippen LogP contribution in [0, 0.1) is 16.6 Å². The normalized spacial score (nSPS) is 24.1. The van der Waals surface area contributed by atoms with E-state index >= 15 is 0 Å². The van der Waals surface area contributed by atoms with E-state index in [2.05, 4.69) is 5.32 Å². The van der Waals surface area contributed by atoms with Gasteiger partial charge in [0.2, 0.25) is 9.99 Å². The Kier molecular flexibility index (Phi) is 6.61. The van der Waals surface area contributed by atoms with E-state index in [0.29, 0.717) is 17.3 Å². The van der Waals surface area contributed by atoms with Crippen LogP contribution in [0.5, 0.6) is 0 Å². The predicted octanol–water partition coefficient (Wildman–Crippen LogP) is 1.79. The van der Waals surface area contributed by atoms with Crippen LogP contribution in [0.4, 0.5) is 0 Å². The molecule has 0 radical (unpaired) electrons. The topological polar surface area (TPSA) is 162 Å². The minimum absolute atomic E-state index is 0.391. The van der Waals surface area contributed by atoms with E-state index in [1.54, 1.807) is 35.7 Å². The van der Waals surface area contributed by atoms with Crippen molar-refractivity contribution >= 4 is 44.0 Å². The molecule has 2 rings (SSSR count). The van der Waals surface area contributed by atoms with Crippen molar-refractivity contribution in [2.24, 2.45) is 5.92 Å². The van der Waals surface area contributed by atoms with Crippen molar-refractivity contribution in [3.63, 3.8) is 0 Å². The molecule has 1 amide bonds. The smallest absolute Gasteiger partial charge is 0.288 e. The first-order chi connectivity index (χ1) is 13.4. The molecule has 12 heteroatoms. The largest absolute Gasteiger partial charge is 0.337 e. The Bertz CT molecular complexity index is 1060. The van der Waals surface area contributed by atoms with Gasteiger partial charge in [0, 0.05) is 19.3 Å². The summed E-state index contributed by atoms with van der Waals surface area (Å²) in [5, 5.41) is 13.1. The highest BCUT2D eigenvalue weighted by Gasteiger charge is 2.64. The SMILES string of the molecule is CC(=O)NC1(SC#N)C=CC(C=Cc2ccccc2)C(S(=O)(=O)O)(S(=O)(=O)O)C1. The lowest BCUT2D eigenvalue weighted by Crippen LogP contribution is -2.60. The van der Waals surface area contributed by atoms with Crippen molar-refractivity contribution in [1.29, 1.82) is 5.26 Å². The Labute approximate surface area is 173 Å². The molecule has 1 aliphatic carbocycles. The van der Waals surface area contributed by atoms with Gasteiger partial charge in [-0.15, -0.1) is 0 Å². The van der Waals surface area contributed by atoms with E-state index in [0.717, 1.165) is 13.0 Å². The van der Waals surface area contributed by atoms with Crippen LogP contribution in [0.1, 0.15) is 18.9 Å². The fraction of sp³-hybridized carbons (Fsp3) is 0.294. The fourth-order valence-electron chi connectivity index (χ4n) is 3.16. The summed E-state index contributed by atoms with van der Waals surface area (Å²) in [6, 6.07) is 8.53. The number of amides is 1. The maximum atomic E-state index is 12.3. The van der Waals surface area contributed by atoms with Gasteiger partial charge in [-0.05, 0) is 17.3 Å². The Morgan fingerprint density at radius 2 is 1.83 bits per heavy atom. The zero-order chi connectivity index (χ0) is 21.9. The average molecular weight is 459 g/mol. The van der Waals surface area contributed by atoms with Crippen LogP contribution in [0.3, 0.4) is 0 Å². The van der Waals surface area contributed by atoms with Gasteiger partial charge in [-0.2, -0.15) is 22.1 Å². The van der Waals surface area contributed by atoms with E-state index in [9.17, 15) is 30.7 Å². The number of nitrogens with zero attached hydrogens (tertiary/aromatic N) is 1. The summed E-state index contributed by atoms with van der Waals surface area (Å²) in [5.74, 6) is -2.18. The summed E-state index contributed by atoms with van der Waals surface area (Å²) in [5.41, 5.74) is 0.616. The van der Waals surface area contributed by atoms with Crippen molar-refractivity contribution in [2.45, 2.75) is 22.3 Å². The maximum absolute atomic E-state index is 12.3. The van der Waals surface area contributed by atoms with Crippen LogP contribution in [0.25, 0.3) is 6.08 Å². The van der Waals surface area contributed by atoms with Crippen LogP contribution in [-0.2, 0) is 25.0 Å². The molecule has 1 aromatic carbocycles. The first-order valence-corrected chi connectivity index (χ1v) is 11.8. The van der Waals surface area contributed by atoms with E-state index in [1.165, 1.54) is 18.2 Å². The molecule has 3 N–H and O–H groups in total. The summed E-state index contributed by atoms with van der Waals surface area (Å²) in [4.78, 5) is 9.79. The molecular formula is C17H18N2O7S3. The number of allylic oxidation sites excluding steroid dienone is 2. The minimum atomic E-state index is -5.44.